The van der Waals surface area contributed by atoms with Crippen molar-refractivity contribution in [3.8, 4) is 5.75 Å². The minimum atomic E-state index is -0.492. The number of hydrogen-bond donors (Lipinski definition) is 0. The zero-order valence-electron chi connectivity index (χ0n) is 14.5. The normalized spacial score (nSPS) is 22.9. The van der Waals surface area contributed by atoms with Crippen molar-refractivity contribution in [2.24, 2.45) is 5.92 Å². The number of halogens is 1. The van der Waals surface area contributed by atoms with E-state index < -0.39 is 5.97 Å². The van der Waals surface area contributed by atoms with Crippen molar-refractivity contribution in [1.29, 1.82) is 0 Å². The molecule has 2 aliphatic rings. The van der Waals surface area contributed by atoms with Crippen LogP contribution in [-0.2, 0) is 9.53 Å². The first-order chi connectivity index (χ1) is 12.1. The molecule has 1 heterocycles. The molecule has 0 bridgehead atoms. The largest absolute Gasteiger partial charge is 0.496 e. The molecule has 1 saturated carbocycles. The van der Waals surface area contributed by atoms with Gasteiger partial charge in [0, 0.05) is 12.6 Å². The van der Waals surface area contributed by atoms with Gasteiger partial charge in [0.15, 0.2) is 6.61 Å². The van der Waals surface area contributed by atoms with Gasteiger partial charge < -0.3 is 14.4 Å². The average molecular weight is 410 g/mol. The Balaban J connectivity index is 1.58. The Morgan fingerprint density at radius 3 is 2.72 bits per heavy atom. The van der Waals surface area contributed by atoms with Gasteiger partial charge in [-0.05, 0) is 65.7 Å². The van der Waals surface area contributed by atoms with E-state index in [0.29, 0.717) is 27.7 Å². The second-order valence-corrected chi connectivity index (χ2v) is 7.62. The van der Waals surface area contributed by atoms with Crippen LogP contribution in [0.3, 0.4) is 0 Å². The maximum absolute atomic E-state index is 12.6. The van der Waals surface area contributed by atoms with Gasteiger partial charge in [0.1, 0.15) is 5.75 Å². The summed E-state index contributed by atoms with van der Waals surface area (Å²) in [6.07, 6.45) is 7.01. The molecule has 1 aliphatic heterocycles. The summed E-state index contributed by atoms with van der Waals surface area (Å²) in [7, 11) is 1.56. The zero-order chi connectivity index (χ0) is 17.8. The van der Waals surface area contributed by atoms with Gasteiger partial charge in [0.05, 0.1) is 17.1 Å². The monoisotopic (exact) mass is 409 g/mol. The highest BCUT2D eigenvalue weighted by atomic mass is 79.9. The molecule has 1 amide bonds. The Bertz CT molecular complexity index is 646. The minimum absolute atomic E-state index is 0.0717. The van der Waals surface area contributed by atoms with E-state index in [1.54, 1.807) is 25.3 Å². The number of hydrogen-bond acceptors (Lipinski definition) is 4. The number of carbonyl (C=O) groups is 2. The molecule has 3 rings (SSSR count). The third-order valence-electron chi connectivity index (χ3n) is 5.28. The number of methoxy groups -OCH3 is 1. The van der Waals surface area contributed by atoms with Crippen molar-refractivity contribution >= 4 is 27.8 Å². The molecule has 1 aromatic carbocycles. The number of esters is 1. The summed E-state index contributed by atoms with van der Waals surface area (Å²) in [6.45, 7) is 0.595. The fourth-order valence-electron chi connectivity index (χ4n) is 4.02. The predicted octanol–water partition coefficient (Wildman–Crippen LogP) is 3.80. The van der Waals surface area contributed by atoms with E-state index in [-0.39, 0.29) is 12.5 Å². The molecular weight excluding hydrogens is 386 g/mol. The van der Waals surface area contributed by atoms with E-state index in [1.807, 2.05) is 4.90 Å². The molecule has 136 valence electrons. The second kappa shape index (κ2) is 8.21. The Labute approximate surface area is 156 Å². The molecule has 6 heteroatoms. The van der Waals surface area contributed by atoms with Crippen molar-refractivity contribution in [2.75, 3.05) is 20.3 Å². The maximum atomic E-state index is 12.6. The topological polar surface area (TPSA) is 55.8 Å². The van der Waals surface area contributed by atoms with Gasteiger partial charge in [0.25, 0.3) is 5.91 Å². The summed E-state index contributed by atoms with van der Waals surface area (Å²) in [5.41, 5.74) is 0.398. The fourth-order valence-corrected chi connectivity index (χ4v) is 4.56. The number of fused-ring (bicyclic) bond motifs is 1. The Kier molecular flexibility index (Phi) is 5.99. The summed E-state index contributed by atoms with van der Waals surface area (Å²) in [4.78, 5) is 26.7. The van der Waals surface area contributed by atoms with E-state index >= 15 is 0 Å². The molecule has 0 aromatic heterocycles. The summed E-state index contributed by atoms with van der Waals surface area (Å²) in [6, 6.07) is 5.31. The molecular formula is C19H24BrNO4. The minimum Gasteiger partial charge on any atom is -0.496 e. The van der Waals surface area contributed by atoms with Gasteiger partial charge in [0.2, 0.25) is 0 Å². The molecule has 1 aliphatic carbocycles. The van der Waals surface area contributed by atoms with Crippen LogP contribution in [0.1, 0.15) is 48.9 Å². The SMILES string of the molecule is COc1ccc(C(=O)OCC(=O)N2CCC[C@H]3CCCC[C@@H]32)cc1Br. The maximum Gasteiger partial charge on any atom is 0.338 e. The molecule has 5 nitrogen and oxygen atoms in total. The fraction of sp³-hybridized carbons (Fsp3) is 0.579. The van der Waals surface area contributed by atoms with Gasteiger partial charge in [-0.25, -0.2) is 4.79 Å². The van der Waals surface area contributed by atoms with Crippen LogP contribution >= 0.6 is 15.9 Å². The third-order valence-corrected chi connectivity index (χ3v) is 5.90. The summed E-state index contributed by atoms with van der Waals surface area (Å²) in [5, 5.41) is 0. The van der Waals surface area contributed by atoms with Gasteiger partial charge in [-0.15, -0.1) is 0 Å². The quantitative estimate of drug-likeness (QED) is 0.709. The Hall–Kier alpha value is -1.56. The van der Waals surface area contributed by atoms with Crippen molar-refractivity contribution in [3.63, 3.8) is 0 Å². The first-order valence-electron chi connectivity index (χ1n) is 8.90. The van der Waals surface area contributed by atoms with Crippen molar-refractivity contribution < 1.29 is 19.1 Å². The number of likely N-dealkylation sites (tertiary alicyclic amines) is 1. The Morgan fingerprint density at radius 1 is 1.20 bits per heavy atom. The van der Waals surface area contributed by atoms with Crippen LogP contribution in [0.25, 0.3) is 0 Å². The lowest BCUT2D eigenvalue weighted by molar-refractivity contribution is -0.140. The number of ether oxygens (including phenoxy) is 2. The lowest BCUT2D eigenvalue weighted by Gasteiger charge is -2.44. The van der Waals surface area contributed by atoms with E-state index in [0.717, 1.165) is 19.4 Å². The van der Waals surface area contributed by atoms with Gasteiger partial charge >= 0.3 is 5.97 Å². The van der Waals surface area contributed by atoms with E-state index in [1.165, 1.54) is 25.7 Å². The number of piperidine rings is 1. The van der Waals surface area contributed by atoms with Gasteiger partial charge in [-0.1, -0.05) is 12.8 Å². The average Bonchev–Trinajstić information content (AvgIpc) is 2.65. The van der Waals surface area contributed by atoms with Crippen LogP contribution < -0.4 is 4.74 Å². The smallest absolute Gasteiger partial charge is 0.338 e. The van der Waals surface area contributed by atoms with Crippen LogP contribution in [0.15, 0.2) is 22.7 Å². The van der Waals surface area contributed by atoms with E-state index in [4.69, 9.17) is 9.47 Å². The van der Waals surface area contributed by atoms with Crippen LogP contribution in [0.4, 0.5) is 0 Å². The van der Waals surface area contributed by atoms with Crippen LogP contribution in [-0.4, -0.2) is 43.1 Å². The third kappa shape index (κ3) is 4.17. The molecule has 2 atom stereocenters. The first-order valence-corrected chi connectivity index (χ1v) is 9.69. The molecule has 0 radical (unpaired) electrons. The molecule has 0 N–H and O–H groups in total. The molecule has 1 saturated heterocycles. The van der Waals surface area contributed by atoms with Gasteiger partial charge in [-0.2, -0.15) is 0 Å². The first kappa shape index (κ1) is 18.2. The number of benzene rings is 1. The summed E-state index contributed by atoms with van der Waals surface area (Å²) < 4.78 is 11.1. The molecule has 0 spiro atoms. The lowest BCUT2D eigenvalue weighted by Crippen LogP contribution is -2.50. The second-order valence-electron chi connectivity index (χ2n) is 6.77. The van der Waals surface area contributed by atoms with Crippen molar-refractivity contribution in [3.05, 3.63) is 28.2 Å². The summed E-state index contributed by atoms with van der Waals surface area (Å²) in [5.74, 6) is 0.704. The number of carbonyl (C=O) groups excluding carboxylic acids is 2. The molecule has 2 fully saturated rings. The van der Waals surface area contributed by atoms with Crippen LogP contribution in [0.5, 0.6) is 5.75 Å². The predicted molar refractivity (Wildman–Crippen MR) is 97.7 cm³/mol. The lowest BCUT2D eigenvalue weighted by atomic mass is 9.78. The van der Waals surface area contributed by atoms with E-state index in [9.17, 15) is 9.59 Å². The standard InChI is InChI=1S/C19H24BrNO4/c1-24-17-9-8-14(11-15(17)20)19(23)25-12-18(22)21-10-4-6-13-5-2-3-7-16(13)21/h8-9,11,13,16H,2-7,10,12H2,1H3/t13-,16+/m1/s1. The van der Waals surface area contributed by atoms with Crippen LogP contribution in [0, 0.1) is 5.92 Å². The highest BCUT2D eigenvalue weighted by Gasteiger charge is 2.35. The van der Waals surface area contributed by atoms with E-state index in [2.05, 4.69) is 15.9 Å². The summed E-state index contributed by atoms with van der Waals surface area (Å²) >= 11 is 3.35. The van der Waals surface area contributed by atoms with Crippen molar-refractivity contribution in [2.45, 2.75) is 44.6 Å². The zero-order valence-corrected chi connectivity index (χ0v) is 16.1. The van der Waals surface area contributed by atoms with Crippen molar-refractivity contribution in [1.82, 2.24) is 4.90 Å². The highest BCUT2D eigenvalue weighted by Crippen LogP contribution is 2.35. The highest BCUT2D eigenvalue weighted by molar-refractivity contribution is 9.10. The Morgan fingerprint density at radius 2 is 1.96 bits per heavy atom. The van der Waals surface area contributed by atoms with Crippen LogP contribution in [0.2, 0.25) is 0 Å². The van der Waals surface area contributed by atoms with Gasteiger partial charge in [-0.3, -0.25) is 4.79 Å². The number of rotatable bonds is 4. The number of nitrogens with zero attached hydrogens (tertiary/aromatic N) is 1. The number of amides is 1. The molecule has 1 aromatic rings. The molecule has 0 unspecified atom stereocenters. The molecule has 25 heavy (non-hydrogen) atoms.